The third-order valence-electron chi connectivity index (χ3n) is 5.57. The topological polar surface area (TPSA) is 112 Å². The van der Waals surface area contributed by atoms with E-state index in [1.165, 1.54) is 6.20 Å². The van der Waals surface area contributed by atoms with Crippen molar-refractivity contribution >= 4 is 23.2 Å². The summed E-state index contributed by atoms with van der Waals surface area (Å²) in [6, 6.07) is 12.6. The molecule has 0 unspecified atom stereocenters. The van der Waals surface area contributed by atoms with Crippen LogP contribution in [0.2, 0.25) is 0 Å². The number of carbonyl (C=O) groups excluding carboxylic acids is 1. The van der Waals surface area contributed by atoms with Crippen LogP contribution in [0.25, 0.3) is 0 Å². The number of nitrogens with zero attached hydrogens (tertiary/aromatic N) is 3. The van der Waals surface area contributed by atoms with E-state index in [0.717, 1.165) is 43.3 Å². The predicted molar refractivity (Wildman–Crippen MR) is 131 cm³/mol. The smallest absolute Gasteiger partial charge is 0.417 e. The van der Waals surface area contributed by atoms with Crippen LogP contribution in [0.15, 0.2) is 59.7 Å². The fraction of sp³-hybridized carbons (Fsp3) is 0.292. The molecule has 1 aliphatic heterocycles. The van der Waals surface area contributed by atoms with Crippen molar-refractivity contribution in [2.24, 2.45) is 0 Å². The summed E-state index contributed by atoms with van der Waals surface area (Å²) in [5.41, 5.74) is 2.08. The number of hydrogen-bond donors (Lipinski definition) is 3. The lowest BCUT2D eigenvalue weighted by molar-refractivity contribution is 0.214. The molecule has 1 aromatic carbocycles. The summed E-state index contributed by atoms with van der Waals surface area (Å²) in [5.74, 6) is 0.604. The molecule has 10 heteroatoms. The summed E-state index contributed by atoms with van der Waals surface area (Å²) in [4.78, 5) is 36.3. The maximum Gasteiger partial charge on any atom is 0.417 e. The Labute approximate surface area is 197 Å². The van der Waals surface area contributed by atoms with E-state index < -0.39 is 11.7 Å². The van der Waals surface area contributed by atoms with Crippen molar-refractivity contribution in [2.45, 2.75) is 6.54 Å². The van der Waals surface area contributed by atoms with Crippen LogP contribution < -0.4 is 30.6 Å². The van der Waals surface area contributed by atoms with Gasteiger partial charge >= 0.3 is 6.09 Å². The van der Waals surface area contributed by atoms with Crippen molar-refractivity contribution in [2.75, 3.05) is 55.9 Å². The SMILES string of the molecule is COc1ccc(NC(=O)Oc2c(NCc3ccccn3)cc[nH]c2=O)cc1N1CCN(C)CC1. The van der Waals surface area contributed by atoms with Crippen LogP contribution in [0.4, 0.5) is 21.9 Å². The Hall–Kier alpha value is -4.05. The number of methoxy groups -OCH3 is 1. The van der Waals surface area contributed by atoms with Gasteiger partial charge in [-0.15, -0.1) is 0 Å². The molecule has 3 N–H and O–H groups in total. The van der Waals surface area contributed by atoms with Crippen LogP contribution in [-0.4, -0.2) is 61.3 Å². The first kappa shape index (κ1) is 23.1. The van der Waals surface area contributed by atoms with Gasteiger partial charge in [-0.25, -0.2) is 4.79 Å². The van der Waals surface area contributed by atoms with Gasteiger partial charge in [0.1, 0.15) is 5.75 Å². The van der Waals surface area contributed by atoms with Gasteiger partial charge in [0, 0.05) is 44.3 Å². The van der Waals surface area contributed by atoms with Gasteiger partial charge in [0.25, 0.3) is 5.56 Å². The van der Waals surface area contributed by atoms with Crippen LogP contribution in [-0.2, 0) is 6.54 Å². The second-order valence-corrected chi connectivity index (χ2v) is 7.92. The van der Waals surface area contributed by atoms with Gasteiger partial charge in [0.05, 0.1) is 30.7 Å². The molecule has 0 aliphatic carbocycles. The minimum Gasteiger partial charge on any atom is -0.495 e. The van der Waals surface area contributed by atoms with Gasteiger partial charge in [-0.2, -0.15) is 0 Å². The molecule has 3 heterocycles. The second-order valence-electron chi connectivity index (χ2n) is 7.92. The summed E-state index contributed by atoms with van der Waals surface area (Å²) < 4.78 is 10.9. The number of amides is 1. The highest BCUT2D eigenvalue weighted by molar-refractivity contribution is 5.88. The average molecular weight is 465 g/mol. The Bertz CT molecular complexity index is 1180. The Kier molecular flexibility index (Phi) is 7.28. The quantitative estimate of drug-likeness (QED) is 0.489. The summed E-state index contributed by atoms with van der Waals surface area (Å²) in [7, 11) is 3.71. The summed E-state index contributed by atoms with van der Waals surface area (Å²) in [6.07, 6.45) is 2.40. The molecule has 178 valence electrons. The monoisotopic (exact) mass is 464 g/mol. The third-order valence-corrected chi connectivity index (χ3v) is 5.57. The number of aromatic amines is 1. The van der Waals surface area contributed by atoms with Gasteiger partial charge in [-0.3, -0.25) is 15.1 Å². The van der Waals surface area contributed by atoms with Gasteiger partial charge in [0.2, 0.25) is 5.75 Å². The van der Waals surface area contributed by atoms with Crippen LogP contribution in [0.3, 0.4) is 0 Å². The number of anilines is 3. The van der Waals surface area contributed by atoms with Crippen molar-refractivity contribution < 1.29 is 14.3 Å². The minimum absolute atomic E-state index is 0.122. The Morgan fingerprint density at radius 2 is 1.97 bits per heavy atom. The van der Waals surface area contributed by atoms with Gasteiger partial charge in [-0.1, -0.05) is 6.07 Å². The number of rotatable bonds is 7. The van der Waals surface area contributed by atoms with Crippen molar-refractivity contribution in [3.8, 4) is 11.5 Å². The molecule has 0 spiro atoms. The number of hydrogen-bond acceptors (Lipinski definition) is 8. The Morgan fingerprint density at radius 1 is 1.15 bits per heavy atom. The standard InChI is InChI=1S/C24H28N6O4/c1-29-11-13-30(14-12-29)20-15-17(6-7-21(20)33-2)28-24(32)34-22-19(8-10-26-23(22)31)27-16-18-5-3-4-9-25-18/h3-10,15H,11-14,16H2,1-2H3,(H,28,32)(H2,26,27,31). The first-order chi connectivity index (χ1) is 16.5. The number of nitrogens with one attached hydrogen (secondary N) is 3. The normalized spacial score (nSPS) is 13.9. The number of aromatic nitrogens is 2. The van der Waals surface area contributed by atoms with Crippen molar-refractivity contribution in [1.29, 1.82) is 0 Å². The van der Waals surface area contributed by atoms with Gasteiger partial charge in [-0.05, 0) is 43.4 Å². The molecular formula is C24H28N6O4. The average Bonchev–Trinajstić information content (AvgIpc) is 2.85. The molecule has 0 saturated carbocycles. The fourth-order valence-electron chi connectivity index (χ4n) is 3.69. The van der Waals surface area contributed by atoms with Gasteiger partial charge in [0.15, 0.2) is 0 Å². The highest BCUT2D eigenvalue weighted by Crippen LogP contribution is 2.32. The zero-order valence-electron chi connectivity index (χ0n) is 19.2. The molecule has 0 bridgehead atoms. The molecule has 3 aromatic rings. The highest BCUT2D eigenvalue weighted by atomic mass is 16.6. The highest BCUT2D eigenvalue weighted by Gasteiger charge is 2.19. The van der Waals surface area contributed by atoms with E-state index in [2.05, 4.69) is 37.4 Å². The molecule has 10 nitrogen and oxygen atoms in total. The van der Waals surface area contributed by atoms with Crippen LogP contribution in [0, 0.1) is 0 Å². The lowest BCUT2D eigenvalue weighted by Gasteiger charge is -2.34. The van der Waals surface area contributed by atoms with Crippen LogP contribution in [0.5, 0.6) is 11.5 Å². The molecular weight excluding hydrogens is 436 g/mol. The Morgan fingerprint density at radius 3 is 2.71 bits per heavy atom. The maximum absolute atomic E-state index is 12.7. The number of H-pyrrole nitrogens is 1. The summed E-state index contributed by atoms with van der Waals surface area (Å²) in [6.45, 7) is 3.95. The predicted octanol–water partition coefficient (Wildman–Crippen LogP) is 2.75. The molecule has 1 aliphatic rings. The molecule has 34 heavy (non-hydrogen) atoms. The van der Waals surface area contributed by atoms with E-state index in [9.17, 15) is 9.59 Å². The maximum atomic E-state index is 12.7. The summed E-state index contributed by atoms with van der Waals surface area (Å²) in [5, 5.41) is 5.81. The van der Waals surface area contributed by atoms with E-state index in [4.69, 9.17) is 9.47 Å². The minimum atomic E-state index is -0.771. The van der Waals surface area contributed by atoms with Gasteiger partial charge < -0.3 is 29.6 Å². The number of piperazine rings is 1. The van der Waals surface area contributed by atoms with E-state index >= 15 is 0 Å². The summed E-state index contributed by atoms with van der Waals surface area (Å²) >= 11 is 0. The first-order valence-electron chi connectivity index (χ1n) is 11.0. The van der Waals surface area contributed by atoms with Crippen molar-refractivity contribution in [1.82, 2.24) is 14.9 Å². The molecule has 2 aromatic heterocycles. The van der Waals surface area contributed by atoms with Crippen LogP contribution >= 0.6 is 0 Å². The van der Waals surface area contributed by atoms with E-state index in [1.807, 2.05) is 24.3 Å². The van der Waals surface area contributed by atoms with Crippen LogP contribution in [0.1, 0.15) is 5.69 Å². The number of pyridine rings is 2. The largest absolute Gasteiger partial charge is 0.495 e. The molecule has 1 fully saturated rings. The molecule has 1 saturated heterocycles. The zero-order chi connectivity index (χ0) is 23.9. The molecule has 1 amide bonds. The first-order valence-corrected chi connectivity index (χ1v) is 11.0. The number of benzene rings is 1. The molecule has 0 radical (unpaired) electrons. The van der Waals surface area contributed by atoms with E-state index in [0.29, 0.717) is 17.9 Å². The molecule has 4 rings (SSSR count). The van der Waals surface area contributed by atoms with E-state index in [-0.39, 0.29) is 5.75 Å². The second kappa shape index (κ2) is 10.7. The van der Waals surface area contributed by atoms with E-state index in [1.54, 1.807) is 31.5 Å². The third kappa shape index (κ3) is 5.65. The van der Waals surface area contributed by atoms with Crippen molar-refractivity contribution in [3.05, 3.63) is 70.9 Å². The number of likely N-dealkylation sites (N-methyl/N-ethyl adjacent to an activating group) is 1. The van der Waals surface area contributed by atoms with Crippen molar-refractivity contribution in [3.63, 3.8) is 0 Å². The fourth-order valence-corrected chi connectivity index (χ4v) is 3.69. The lowest BCUT2D eigenvalue weighted by Crippen LogP contribution is -2.44. The lowest BCUT2D eigenvalue weighted by atomic mass is 10.2. The molecule has 0 atom stereocenters. The Balaban J connectivity index is 1.46. The zero-order valence-corrected chi connectivity index (χ0v) is 19.2. The number of ether oxygens (including phenoxy) is 2. The number of carbonyl (C=O) groups is 1.